The lowest BCUT2D eigenvalue weighted by molar-refractivity contribution is -0.155. The van der Waals surface area contributed by atoms with Gasteiger partial charge in [-0.1, -0.05) is 52.8 Å². The fraction of sp³-hybridized carbons (Fsp3) is 0.485. The van der Waals surface area contributed by atoms with E-state index < -0.39 is 57.9 Å². The molecule has 4 aliphatic carbocycles. The third-order valence-corrected chi connectivity index (χ3v) is 9.10. The number of Topliss-reactive ketones (excluding diaryl/α,β-unsaturated/α-hetero) is 2. The second-order valence-corrected chi connectivity index (χ2v) is 13.6. The molecule has 9 heteroatoms. The van der Waals surface area contributed by atoms with Gasteiger partial charge in [-0.2, -0.15) is 0 Å². The Kier molecular flexibility index (Phi) is 7.26. The summed E-state index contributed by atoms with van der Waals surface area (Å²) < 4.78 is 0. The Morgan fingerprint density at radius 2 is 1.88 bits per heavy atom. The van der Waals surface area contributed by atoms with Crippen molar-refractivity contribution in [3.8, 4) is 5.75 Å². The molecular weight excluding hydrogens is 536 g/mol. The minimum absolute atomic E-state index is 0.00424. The molecule has 1 amide bonds. The van der Waals surface area contributed by atoms with Crippen molar-refractivity contribution >= 4 is 28.8 Å². The maximum atomic E-state index is 14.2. The Balaban J connectivity index is 1.70. The van der Waals surface area contributed by atoms with Crippen molar-refractivity contribution in [1.29, 1.82) is 0 Å². The molecule has 4 aliphatic rings. The van der Waals surface area contributed by atoms with Gasteiger partial charge in [0, 0.05) is 36.1 Å². The highest BCUT2D eigenvalue weighted by Gasteiger charge is 2.64. The number of amides is 1. The number of carbonyl (C=O) groups is 3. The van der Waals surface area contributed by atoms with Crippen LogP contribution in [-0.2, 0) is 27.3 Å². The van der Waals surface area contributed by atoms with Gasteiger partial charge in [0.1, 0.15) is 22.8 Å². The minimum Gasteiger partial charge on any atom is -0.508 e. The molecule has 1 saturated carbocycles. The number of benzene rings is 1. The van der Waals surface area contributed by atoms with E-state index in [1.54, 1.807) is 13.8 Å². The summed E-state index contributed by atoms with van der Waals surface area (Å²) in [5.41, 5.74) is 5.00. The van der Waals surface area contributed by atoms with E-state index in [9.17, 15) is 34.8 Å². The first-order chi connectivity index (χ1) is 19.6. The fourth-order valence-corrected chi connectivity index (χ4v) is 7.23. The Morgan fingerprint density at radius 3 is 2.45 bits per heavy atom. The molecule has 0 radical (unpaired) electrons. The molecule has 0 aromatic heterocycles. The fourth-order valence-electron chi connectivity index (χ4n) is 7.23. The van der Waals surface area contributed by atoms with Gasteiger partial charge in [-0.15, -0.1) is 0 Å². The van der Waals surface area contributed by atoms with E-state index in [0.717, 1.165) is 17.6 Å². The predicted molar refractivity (Wildman–Crippen MR) is 158 cm³/mol. The zero-order valence-corrected chi connectivity index (χ0v) is 24.7. The smallest absolute Gasteiger partial charge is 0.255 e. The van der Waals surface area contributed by atoms with Crippen molar-refractivity contribution in [3.63, 3.8) is 0 Å². The van der Waals surface area contributed by atoms with Crippen LogP contribution < -0.4 is 11.1 Å². The van der Waals surface area contributed by atoms with Gasteiger partial charge in [0.2, 0.25) is 5.78 Å². The number of fused-ring (bicyclic) bond motifs is 3. The average Bonchev–Trinajstić information content (AvgIpc) is 3.41. The summed E-state index contributed by atoms with van der Waals surface area (Å²) in [5, 5.41) is 49.5. The number of aliphatic hydroxyl groups is 3. The third kappa shape index (κ3) is 4.50. The molecule has 5 rings (SSSR count). The summed E-state index contributed by atoms with van der Waals surface area (Å²) in [5.74, 6) is -7.58. The van der Waals surface area contributed by atoms with E-state index in [1.807, 2.05) is 18.2 Å². The van der Waals surface area contributed by atoms with Gasteiger partial charge in [-0.3, -0.25) is 14.4 Å². The standard InChI is InChI=1S/C33H40N2O7/c1-15(2)22-21-12-17-10-20-19(16-8-6-7-9-16)11-18(13-35-14-32(3,4)5)26(36)24(20)28(38)23(17)29(39)33(21,42)30(40)25(27(22)37)31(34)41/h6,8-9,11,15,17,21-22,35-36,38,40,42H,7,10,12-14H2,1-5H3,(H2,34,41)/t17-,21-,22-,33-/m0/s1. The first kappa shape index (κ1) is 29.8. The molecule has 1 aromatic rings. The van der Waals surface area contributed by atoms with Crippen LogP contribution in [0, 0.1) is 29.1 Å². The maximum Gasteiger partial charge on any atom is 0.255 e. The molecule has 0 spiro atoms. The SMILES string of the molecule is CC(C)[C@@H]1C(=O)C(C(N)=O)=C(O)[C@@]2(O)C(=O)C3=C(O)c4c(O)c(CNCC(C)(C)C)cc(C5=CCC=C5)c4C[C@H]3C[C@@H]12. The molecule has 0 saturated heterocycles. The Hall–Kier alpha value is -3.69. The van der Waals surface area contributed by atoms with Crippen LogP contribution in [0.1, 0.15) is 69.7 Å². The molecule has 4 atom stereocenters. The van der Waals surface area contributed by atoms with Crippen LogP contribution in [0.2, 0.25) is 0 Å². The third-order valence-electron chi connectivity index (χ3n) is 9.10. The van der Waals surface area contributed by atoms with Crippen LogP contribution >= 0.6 is 0 Å². The number of hydrogen-bond acceptors (Lipinski definition) is 8. The van der Waals surface area contributed by atoms with Crippen molar-refractivity contribution in [2.45, 2.75) is 66.0 Å². The number of nitrogens with two attached hydrogens (primary N) is 1. The predicted octanol–water partition coefficient (Wildman–Crippen LogP) is 3.79. The molecule has 1 fully saturated rings. The second kappa shape index (κ2) is 10.2. The topological polar surface area (TPSA) is 170 Å². The number of nitrogens with one attached hydrogen (secondary N) is 1. The van der Waals surface area contributed by atoms with Crippen LogP contribution in [0.15, 0.2) is 41.2 Å². The van der Waals surface area contributed by atoms with Crippen molar-refractivity contribution in [2.24, 2.45) is 34.8 Å². The van der Waals surface area contributed by atoms with Crippen molar-refractivity contribution in [2.75, 3.05) is 6.54 Å². The maximum absolute atomic E-state index is 14.2. The van der Waals surface area contributed by atoms with Crippen molar-refractivity contribution in [1.82, 2.24) is 5.32 Å². The molecule has 0 bridgehead atoms. The molecule has 9 nitrogen and oxygen atoms in total. The summed E-state index contributed by atoms with van der Waals surface area (Å²) in [7, 11) is 0. The zero-order chi connectivity index (χ0) is 30.9. The molecule has 0 unspecified atom stereocenters. The van der Waals surface area contributed by atoms with Crippen molar-refractivity contribution in [3.05, 3.63) is 63.5 Å². The molecule has 0 aliphatic heterocycles. The highest BCUT2D eigenvalue weighted by atomic mass is 16.3. The van der Waals surface area contributed by atoms with Gasteiger partial charge in [-0.25, -0.2) is 0 Å². The van der Waals surface area contributed by atoms with E-state index in [4.69, 9.17) is 5.73 Å². The number of rotatable bonds is 6. The van der Waals surface area contributed by atoms with Crippen LogP contribution in [0.5, 0.6) is 5.75 Å². The average molecular weight is 577 g/mol. The number of aliphatic hydroxyl groups excluding tert-OH is 2. The minimum atomic E-state index is -2.62. The summed E-state index contributed by atoms with van der Waals surface area (Å²) >= 11 is 0. The number of aromatic hydroxyl groups is 1. The number of primary amides is 1. The lowest BCUT2D eigenvalue weighted by atomic mass is 9.54. The largest absolute Gasteiger partial charge is 0.508 e. The lowest BCUT2D eigenvalue weighted by Crippen LogP contribution is -2.62. The highest BCUT2D eigenvalue weighted by molar-refractivity contribution is 6.23. The van der Waals surface area contributed by atoms with Gasteiger partial charge in [0.05, 0.1) is 5.56 Å². The molecule has 42 heavy (non-hydrogen) atoms. The van der Waals surface area contributed by atoms with Gasteiger partial charge in [0.25, 0.3) is 5.91 Å². The summed E-state index contributed by atoms with van der Waals surface area (Å²) in [4.78, 5) is 39.7. The molecule has 1 aromatic carbocycles. The monoisotopic (exact) mass is 576 g/mol. The number of phenolic OH excluding ortho intramolecular Hbond substituents is 1. The number of allylic oxidation sites excluding steroid dienone is 4. The normalized spacial score (nSPS) is 27.3. The Labute approximate surface area is 245 Å². The van der Waals surface area contributed by atoms with E-state index in [2.05, 4.69) is 32.2 Å². The van der Waals surface area contributed by atoms with Crippen LogP contribution in [0.25, 0.3) is 11.3 Å². The van der Waals surface area contributed by atoms with Crippen LogP contribution in [-0.4, -0.2) is 50.0 Å². The van der Waals surface area contributed by atoms with Gasteiger partial charge < -0.3 is 31.5 Å². The van der Waals surface area contributed by atoms with E-state index in [0.29, 0.717) is 24.2 Å². The Bertz CT molecular complexity index is 1520. The van der Waals surface area contributed by atoms with E-state index in [-0.39, 0.29) is 41.1 Å². The Morgan fingerprint density at radius 1 is 1.19 bits per heavy atom. The number of phenols is 1. The summed E-state index contributed by atoms with van der Waals surface area (Å²) in [6.07, 6.45) is 7.18. The highest BCUT2D eigenvalue weighted by Crippen LogP contribution is 2.55. The number of carbonyl (C=O) groups excluding carboxylic acids is 3. The van der Waals surface area contributed by atoms with Gasteiger partial charge >= 0.3 is 0 Å². The quantitative estimate of drug-likeness (QED) is 0.278. The van der Waals surface area contributed by atoms with E-state index in [1.165, 1.54) is 0 Å². The molecule has 0 heterocycles. The first-order valence-electron chi connectivity index (χ1n) is 14.5. The van der Waals surface area contributed by atoms with Gasteiger partial charge in [-0.05, 0) is 59.3 Å². The molecular formula is C33H40N2O7. The van der Waals surface area contributed by atoms with E-state index >= 15 is 0 Å². The lowest BCUT2D eigenvalue weighted by Gasteiger charge is -2.50. The molecule has 224 valence electrons. The zero-order valence-electron chi connectivity index (χ0n) is 24.7. The number of ketones is 2. The summed E-state index contributed by atoms with van der Waals surface area (Å²) in [6.45, 7) is 10.8. The summed E-state index contributed by atoms with van der Waals surface area (Å²) in [6, 6.07) is 1.92. The second-order valence-electron chi connectivity index (χ2n) is 13.6. The first-order valence-corrected chi connectivity index (χ1v) is 14.5. The van der Waals surface area contributed by atoms with Crippen LogP contribution in [0.4, 0.5) is 0 Å². The van der Waals surface area contributed by atoms with Gasteiger partial charge in [0.15, 0.2) is 11.4 Å². The molecule has 7 N–H and O–H groups in total. The van der Waals surface area contributed by atoms with Crippen LogP contribution in [0.3, 0.4) is 0 Å². The number of hydrogen-bond donors (Lipinski definition) is 6. The van der Waals surface area contributed by atoms with Crippen molar-refractivity contribution < 1.29 is 34.8 Å².